The van der Waals surface area contributed by atoms with Crippen molar-refractivity contribution >= 4 is 15.9 Å². The van der Waals surface area contributed by atoms with Crippen LogP contribution in [0.1, 0.15) is 39.0 Å². The molecule has 0 aromatic heterocycles. The van der Waals surface area contributed by atoms with Crippen molar-refractivity contribution in [2.45, 2.75) is 50.0 Å². The predicted octanol–water partition coefficient (Wildman–Crippen LogP) is 2.39. The zero-order valence-electron chi connectivity index (χ0n) is 16.6. The van der Waals surface area contributed by atoms with Gasteiger partial charge in [0, 0.05) is 32.7 Å². The topological polar surface area (TPSA) is 69.7 Å². The number of nitrogens with zero attached hydrogens (tertiary/aromatic N) is 2. The maximum absolute atomic E-state index is 12.7. The molecule has 1 aliphatic heterocycles. The quantitative estimate of drug-likeness (QED) is 0.707. The van der Waals surface area contributed by atoms with Gasteiger partial charge in [-0.25, -0.2) is 8.42 Å². The summed E-state index contributed by atoms with van der Waals surface area (Å²) in [5, 5.41) is 3.04. The Morgan fingerprint density at radius 1 is 1.11 bits per heavy atom. The molecule has 1 N–H and O–H groups in total. The maximum atomic E-state index is 12.7. The van der Waals surface area contributed by atoms with Crippen molar-refractivity contribution in [3.63, 3.8) is 0 Å². The number of hydrogen-bond acceptors (Lipinski definition) is 4. The molecule has 1 aromatic rings. The van der Waals surface area contributed by atoms with Crippen LogP contribution in [0.4, 0.5) is 0 Å². The Balaban J connectivity index is 1.46. The number of benzene rings is 1. The molecule has 2 aliphatic rings. The van der Waals surface area contributed by atoms with E-state index in [9.17, 15) is 13.2 Å². The van der Waals surface area contributed by atoms with E-state index in [1.54, 1.807) is 24.3 Å². The normalized spacial score (nSPS) is 20.4. The lowest BCUT2D eigenvalue weighted by Gasteiger charge is -2.36. The second kappa shape index (κ2) is 9.67. The molecule has 1 atom stereocenters. The van der Waals surface area contributed by atoms with Crippen molar-refractivity contribution in [3.05, 3.63) is 42.0 Å². The summed E-state index contributed by atoms with van der Waals surface area (Å²) in [6.07, 6.45) is 8.09. The van der Waals surface area contributed by atoms with Crippen LogP contribution < -0.4 is 5.32 Å². The average Bonchev–Trinajstić information content (AvgIpc) is 2.74. The van der Waals surface area contributed by atoms with Gasteiger partial charge in [-0.1, -0.05) is 29.8 Å². The van der Waals surface area contributed by atoms with Crippen molar-refractivity contribution in [1.29, 1.82) is 0 Å². The number of piperazine rings is 1. The molecule has 28 heavy (non-hydrogen) atoms. The minimum absolute atomic E-state index is 0.0239. The van der Waals surface area contributed by atoms with Crippen molar-refractivity contribution < 1.29 is 13.2 Å². The van der Waals surface area contributed by atoms with Gasteiger partial charge in [-0.15, -0.1) is 0 Å². The van der Waals surface area contributed by atoms with Gasteiger partial charge in [-0.2, -0.15) is 4.31 Å². The van der Waals surface area contributed by atoms with Crippen molar-refractivity contribution in [2.75, 3.05) is 32.7 Å². The highest BCUT2D eigenvalue weighted by molar-refractivity contribution is 7.89. The Hall–Kier alpha value is -1.70. The Labute approximate surface area is 168 Å². The van der Waals surface area contributed by atoms with E-state index in [1.165, 1.54) is 22.7 Å². The fourth-order valence-electron chi connectivity index (χ4n) is 3.86. The lowest BCUT2D eigenvalue weighted by molar-refractivity contribution is -0.126. The van der Waals surface area contributed by atoms with E-state index in [2.05, 4.69) is 16.3 Å². The standard InChI is InChI=1S/C21H31N3O3S/c1-18(21(25)22-13-12-19-8-4-2-5-9-19)23-14-16-24(17-15-23)28(26,27)20-10-6-3-7-11-20/h3,6-8,10-11,18H,2,4-5,9,12-17H2,1H3,(H,22,25)/t18-/m0/s1. The Kier molecular flexibility index (Phi) is 7.26. The number of hydrogen-bond donors (Lipinski definition) is 1. The van der Waals surface area contributed by atoms with Gasteiger partial charge in [-0.3, -0.25) is 9.69 Å². The first-order valence-corrected chi connectivity index (χ1v) is 11.7. The molecular formula is C21H31N3O3S. The van der Waals surface area contributed by atoms with E-state index in [0.717, 1.165) is 19.3 Å². The molecule has 0 radical (unpaired) electrons. The zero-order chi connectivity index (χ0) is 20.0. The van der Waals surface area contributed by atoms with E-state index in [-0.39, 0.29) is 11.9 Å². The maximum Gasteiger partial charge on any atom is 0.243 e. The molecule has 1 fully saturated rings. The molecule has 6 nitrogen and oxygen atoms in total. The summed E-state index contributed by atoms with van der Waals surface area (Å²) in [4.78, 5) is 14.9. The molecule has 1 aliphatic carbocycles. The summed E-state index contributed by atoms with van der Waals surface area (Å²) in [5.74, 6) is 0.0239. The fourth-order valence-corrected chi connectivity index (χ4v) is 5.31. The van der Waals surface area contributed by atoms with E-state index in [0.29, 0.717) is 37.6 Å². The van der Waals surface area contributed by atoms with Crippen LogP contribution in [0.15, 0.2) is 46.9 Å². The van der Waals surface area contributed by atoms with Crippen LogP contribution in [-0.2, 0) is 14.8 Å². The number of carbonyl (C=O) groups excluding carboxylic acids is 1. The van der Waals surface area contributed by atoms with Crippen LogP contribution in [-0.4, -0.2) is 62.3 Å². The second-order valence-electron chi connectivity index (χ2n) is 7.58. The van der Waals surface area contributed by atoms with Gasteiger partial charge in [0.1, 0.15) is 0 Å². The highest BCUT2D eigenvalue weighted by Crippen LogP contribution is 2.20. The number of rotatable bonds is 7. The molecule has 0 unspecified atom stereocenters. The zero-order valence-corrected chi connectivity index (χ0v) is 17.5. The molecule has 1 amide bonds. The summed E-state index contributed by atoms with van der Waals surface area (Å²) in [7, 11) is -3.46. The first kappa shape index (κ1) is 21.0. The molecule has 1 saturated heterocycles. The van der Waals surface area contributed by atoms with Gasteiger partial charge in [-0.05, 0) is 51.2 Å². The van der Waals surface area contributed by atoms with E-state index in [1.807, 2.05) is 13.0 Å². The van der Waals surface area contributed by atoms with Crippen LogP contribution in [0.5, 0.6) is 0 Å². The van der Waals surface area contributed by atoms with Gasteiger partial charge in [0.25, 0.3) is 0 Å². The molecule has 1 heterocycles. The van der Waals surface area contributed by atoms with Crippen LogP contribution >= 0.6 is 0 Å². The Morgan fingerprint density at radius 3 is 2.46 bits per heavy atom. The van der Waals surface area contributed by atoms with E-state index >= 15 is 0 Å². The number of sulfonamides is 1. The van der Waals surface area contributed by atoms with Gasteiger partial charge in [0.2, 0.25) is 15.9 Å². The van der Waals surface area contributed by atoms with Gasteiger partial charge in [0.05, 0.1) is 10.9 Å². The van der Waals surface area contributed by atoms with Crippen LogP contribution in [0, 0.1) is 0 Å². The third-order valence-corrected chi connectivity index (χ3v) is 7.62. The van der Waals surface area contributed by atoms with Crippen molar-refractivity contribution in [1.82, 2.24) is 14.5 Å². The van der Waals surface area contributed by atoms with Gasteiger partial charge in [0.15, 0.2) is 0 Å². The van der Waals surface area contributed by atoms with Crippen LogP contribution in [0.25, 0.3) is 0 Å². The number of carbonyl (C=O) groups is 1. The van der Waals surface area contributed by atoms with Crippen molar-refractivity contribution in [2.24, 2.45) is 0 Å². The minimum Gasteiger partial charge on any atom is -0.354 e. The third kappa shape index (κ3) is 5.21. The first-order chi connectivity index (χ1) is 13.5. The number of amides is 1. The summed E-state index contributed by atoms with van der Waals surface area (Å²) in [5.41, 5.74) is 1.46. The molecular weight excluding hydrogens is 374 g/mol. The number of allylic oxidation sites excluding steroid dienone is 1. The largest absolute Gasteiger partial charge is 0.354 e. The van der Waals surface area contributed by atoms with E-state index in [4.69, 9.17) is 0 Å². The summed E-state index contributed by atoms with van der Waals surface area (Å²) in [6.45, 7) is 4.51. The monoisotopic (exact) mass is 405 g/mol. The first-order valence-electron chi connectivity index (χ1n) is 10.2. The van der Waals surface area contributed by atoms with Crippen molar-refractivity contribution in [3.8, 4) is 0 Å². The highest BCUT2D eigenvalue weighted by atomic mass is 32.2. The molecule has 0 saturated carbocycles. The predicted molar refractivity (Wildman–Crippen MR) is 110 cm³/mol. The molecule has 7 heteroatoms. The SMILES string of the molecule is C[C@@H](C(=O)NCCC1=CCCCC1)N1CCN(S(=O)(=O)c2ccccc2)CC1. The highest BCUT2D eigenvalue weighted by Gasteiger charge is 2.31. The second-order valence-corrected chi connectivity index (χ2v) is 9.52. The lowest BCUT2D eigenvalue weighted by Crippen LogP contribution is -2.54. The average molecular weight is 406 g/mol. The summed E-state index contributed by atoms with van der Waals surface area (Å²) in [6, 6.07) is 8.28. The van der Waals surface area contributed by atoms with Gasteiger partial charge < -0.3 is 5.32 Å². The number of nitrogens with one attached hydrogen (secondary N) is 1. The van der Waals surface area contributed by atoms with Crippen LogP contribution in [0.3, 0.4) is 0 Å². The Morgan fingerprint density at radius 2 is 1.82 bits per heavy atom. The fraction of sp³-hybridized carbons (Fsp3) is 0.571. The van der Waals surface area contributed by atoms with E-state index < -0.39 is 10.0 Å². The smallest absolute Gasteiger partial charge is 0.243 e. The molecule has 154 valence electrons. The Bertz CT molecular complexity index is 784. The summed E-state index contributed by atoms with van der Waals surface area (Å²) < 4.78 is 26.9. The molecule has 3 rings (SSSR count). The summed E-state index contributed by atoms with van der Waals surface area (Å²) >= 11 is 0. The lowest BCUT2D eigenvalue weighted by atomic mass is 9.97. The molecule has 1 aromatic carbocycles. The molecule has 0 bridgehead atoms. The minimum atomic E-state index is -3.46. The van der Waals surface area contributed by atoms with Gasteiger partial charge >= 0.3 is 0 Å². The molecule has 0 spiro atoms. The van der Waals surface area contributed by atoms with Crippen LogP contribution in [0.2, 0.25) is 0 Å². The third-order valence-electron chi connectivity index (χ3n) is 5.71.